The summed E-state index contributed by atoms with van der Waals surface area (Å²) in [6.45, 7) is 5.10. The van der Waals surface area contributed by atoms with Crippen LogP contribution in [-0.2, 0) is 19.1 Å². The van der Waals surface area contributed by atoms with E-state index in [1.807, 2.05) is 13.8 Å². The molecule has 1 fully saturated rings. The zero-order valence-electron chi connectivity index (χ0n) is 15.2. The highest BCUT2D eigenvalue weighted by Gasteiger charge is 2.61. The number of ether oxygens (including phenoxy) is 1. The number of para-hydroxylation sites is 1. The fraction of sp³-hybridized carbons (Fsp3) is 0.474. The number of amides is 2. The average molecular weight is 358 g/mol. The molecule has 2 amide bonds. The second kappa shape index (κ2) is 6.55. The third kappa shape index (κ3) is 2.67. The van der Waals surface area contributed by atoms with E-state index in [9.17, 15) is 19.2 Å². The number of fused-ring (bicyclic) bond motifs is 3. The number of hydrogen-bond acceptors (Lipinski definition) is 5. The Morgan fingerprint density at radius 1 is 1.23 bits per heavy atom. The Morgan fingerprint density at radius 3 is 2.58 bits per heavy atom. The molecule has 2 aliphatic rings. The second-order valence-corrected chi connectivity index (χ2v) is 7.15. The first-order chi connectivity index (χ1) is 12.3. The van der Waals surface area contributed by atoms with Crippen LogP contribution in [0.15, 0.2) is 24.3 Å². The number of benzene rings is 1. The van der Waals surface area contributed by atoms with E-state index >= 15 is 0 Å². The second-order valence-electron chi connectivity index (χ2n) is 7.15. The van der Waals surface area contributed by atoms with Crippen LogP contribution in [0.25, 0.3) is 0 Å². The van der Waals surface area contributed by atoms with Crippen LogP contribution < -0.4 is 4.90 Å². The first-order valence-electron chi connectivity index (χ1n) is 8.69. The highest BCUT2D eigenvalue weighted by atomic mass is 16.5. The molecule has 26 heavy (non-hydrogen) atoms. The summed E-state index contributed by atoms with van der Waals surface area (Å²) in [4.78, 5) is 53.0. The fourth-order valence-corrected chi connectivity index (χ4v) is 3.65. The van der Waals surface area contributed by atoms with Crippen molar-refractivity contribution in [2.24, 2.45) is 5.92 Å². The minimum absolute atomic E-state index is 0.0826. The van der Waals surface area contributed by atoms with E-state index in [2.05, 4.69) is 0 Å². The zero-order valence-corrected chi connectivity index (χ0v) is 15.2. The van der Waals surface area contributed by atoms with Crippen LogP contribution in [0.2, 0.25) is 0 Å². The molecule has 138 valence electrons. The third-order valence-corrected chi connectivity index (χ3v) is 4.65. The molecule has 0 unspecified atom stereocenters. The van der Waals surface area contributed by atoms with Gasteiger partial charge in [0.05, 0.1) is 11.3 Å². The van der Waals surface area contributed by atoms with Gasteiger partial charge in [0.25, 0.3) is 5.91 Å². The minimum atomic E-state index is -1.53. The summed E-state index contributed by atoms with van der Waals surface area (Å²) in [5.74, 6) is -1.50. The normalized spacial score (nSPS) is 21.7. The van der Waals surface area contributed by atoms with E-state index in [4.69, 9.17) is 4.74 Å². The lowest BCUT2D eigenvalue weighted by atomic mass is 9.95. The maximum atomic E-state index is 13.2. The predicted octanol–water partition coefficient (Wildman–Crippen LogP) is 1.75. The lowest BCUT2D eigenvalue weighted by molar-refractivity contribution is -0.159. The van der Waals surface area contributed by atoms with Crippen LogP contribution in [0.3, 0.4) is 0 Å². The Bertz CT molecular complexity index is 788. The molecular formula is C19H22N2O5. The number of hydrogen-bond donors (Lipinski definition) is 0. The Balaban J connectivity index is 2.16. The first kappa shape index (κ1) is 18.1. The van der Waals surface area contributed by atoms with Gasteiger partial charge >= 0.3 is 5.97 Å². The van der Waals surface area contributed by atoms with Gasteiger partial charge in [0.15, 0.2) is 5.78 Å². The summed E-state index contributed by atoms with van der Waals surface area (Å²) in [6.07, 6.45) is 0.279. The van der Waals surface area contributed by atoms with Crippen LogP contribution in [0.4, 0.5) is 5.69 Å². The number of nitrogens with zero attached hydrogens (tertiary/aromatic N) is 2. The molecule has 1 aromatic rings. The number of esters is 1. The van der Waals surface area contributed by atoms with Crippen molar-refractivity contribution in [1.29, 1.82) is 0 Å². The molecule has 3 rings (SSSR count). The number of carbonyl (C=O) groups excluding carboxylic acids is 4. The summed E-state index contributed by atoms with van der Waals surface area (Å²) in [5, 5.41) is 0. The highest BCUT2D eigenvalue weighted by Crippen LogP contribution is 2.45. The topological polar surface area (TPSA) is 84.0 Å². The van der Waals surface area contributed by atoms with Crippen LogP contribution in [-0.4, -0.2) is 47.3 Å². The highest BCUT2D eigenvalue weighted by molar-refractivity contribution is 6.15. The maximum Gasteiger partial charge on any atom is 0.354 e. The third-order valence-electron chi connectivity index (χ3n) is 4.65. The fourth-order valence-electron chi connectivity index (χ4n) is 3.65. The van der Waals surface area contributed by atoms with Gasteiger partial charge in [-0.15, -0.1) is 0 Å². The molecule has 2 heterocycles. The van der Waals surface area contributed by atoms with Crippen molar-refractivity contribution in [2.45, 2.75) is 39.3 Å². The predicted molar refractivity (Wildman–Crippen MR) is 93.4 cm³/mol. The standard InChI is InChI=1S/C19H22N2O5/c1-12(2)10-20-17(24)14-6-4-5-7-15(14)21-16(23)8-9-19(20,21)18(25)26-11-13(3)22/h4-7,12H,8-11H2,1-3H3/t19-/m0/s1. The summed E-state index contributed by atoms with van der Waals surface area (Å²) < 4.78 is 5.19. The Labute approximate surface area is 151 Å². The molecule has 1 aromatic carbocycles. The molecule has 0 aliphatic carbocycles. The Kier molecular flexibility index (Phi) is 4.56. The molecule has 0 radical (unpaired) electrons. The largest absolute Gasteiger partial charge is 0.455 e. The van der Waals surface area contributed by atoms with E-state index in [0.717, 1.165) is 0 Å². The summed E-state index contributed by atoms with van der Waals surface area (Å²) in [7, 11) is 0. The molecule has 0 spiro atoms. The molecule has 7 heteroatoms. The number of Topliss-reactive ketones (excluding diaryl/α,β-unsaturated/α-hetero) is 1. The quantitative estimate of drug-likeness (QED) is 0.749. The van der Waals surface area contributed by atoms with Gasteiger partial charge in [0.2, 0.25) is 11.6 Å². The van der Waals surface area contributed by atoms with E-state index in [1.54, 1.807) is 24.3 Å². The summed E-state index contributed by atoms with van der Waals surface area (Å²) in [5.41, 5.74) is -0.722. The van der Waals surface area contributed by atoms with Gasteiger partial charge in [-0.25, -0.2) is 4.79 Å². The van der Waals surface area contributed by atoms with Crippen LogP contribution in [0.5, 0.6) is 0 Å². The van der Waals surface area contributed by atoms with Crippen molar-refractivity contribution in [2.75, 3.05) is 18.1 Å². The van der Waals surface area contributed by atoms with Gasteiger partial charge in [-0.05, 0) is 25.0 Å². The lowest BCUT2D eigenvalue weighted by Gasteiger charge is -2.48. The molecule has 0 aromatic heterocycles. The molecule has 1 atom stereocenters. The van der Waals surface area contributed by atoms with Gasteiger partial charge < -0.3 is 9.64 Å². The number of carbonyl (C=O) groups is 4. The van der Waals surface area contributed by atoms with E-state index in [-0.39, 0.29) is 43.0 Å². The van der Waals surface area contributed by atoms with E-state index in [0.29, 0.717) is 17.8 Å². The number of anilines is 1. The van der Waals surface area contributed by atoms with Crippen molar-refractivity contribution >= 4 is 29.3 Å². The van der Waals surface area contributed by atoms with Gasteiger partial charge in [-0.2, -0.15) is 0 Å². The summed E-state index contributed by atoms with van der Waals surface area (Å²) in [6, 6.07) is 6.77. The lowest BCUT2D eigenvalue weighted by Crippen LogP contribution is -2.69. The first-order valence-corrected chi connectivity index (χ1v) is 8.69. The molecule has 1 saturated heterocycles. The number of ketones is 1. The van der Waals surface area contributed by atoms with Gasteiger partial charge in [-0.1, -0.05) is 26.0 Å². The molecule has 2 aliphatic heterocycles. The van der Waals surface area contributed by atoms with Crippen LogP contribution in [0, 0.1) is 5.92 Å². The average Bonchev–Trinajstić information content (AvgIpc) is 2.95. The minimum Gasteiger partial charge on any atom is -0.455 e. The molecular weight excluding hydrogens is 336 g/mol. The smallest absolute Gasteiger partial charge is 0.354 e. The maximum absolute atomic E-state index is 13.2. The van der Waals surface area contributed by atoms with E-state index < -0.39 is 11.6 Å². The van der Waals surface area contributed by atoms with E-state index in [1.165, 1.54) is 16.7 Å². The molecule has 7 nitrogen and oxygen atoms in total. The molecule has 0 N–H and O–H groups in total. The van der Waals surface area contributed by atoms with Gasteiger partial charge in [0.1, 0.15) is 6.61 Å². The van der Waals surface area contributed by atoms with Crippen LogP contribution >= 0.6 is 0 Å². The van der Waals surface area contributed by atoms with Crippen molar-refractivity contribution < 1.29 is 23.9 Å². The van der Waals surface area contributed by atoms with Crippen molar-refractivity contribution in [3.05, 3.63) is 29.8 Å². The monoisotopic (exact) mass is 358 g/mol. The summed E-state index contributed by atoms with van der Waals surface area (Å²) >= 11 is 0. The zero-order chi connectivity index (χ0) is 19.1. The van der Waals surface area contributed by atoms with Gasteiger partial charge in [0, 0.05) is 19.4 Å². The molecule has 0 saturated carbocycles. The van der Waals surface area contributed by atoms with Crippen LogP contribution in [0.1, 0.15) is 44.0 Å². The van der Waals surface area contributed by atoms with Gasteiger partial charge in [-0.3, -0.25) is 19.3 Å². The SMILES string of the molecule is CC(=O)COC(=O)[C@]12CCC(=O)N1c1ccccc1C(=O)N2CC(C)C. The Morgan fingerprint density at radius 2 is 1.92 bits per heavy atom. The van der Waals surface area contributed by atoms with Crippen molar-refractivity contribution in [1.82, 2.24) is 4.90 Å². The Hall–Kier alpha value is -2.70. The van der Waals surface area contributed by atoms with Crippen molar-refractivity contribution in [3.63, 3.8) is 0 Å². The van der Waals surface area contributed by atoms with Crippen molar-refractivity contribution in [3.8, 4) is 0 Å². The number of rotatable bonds is 5. The molecule has 0 bridgehead atoms.